The van der Waals surface area contributed by atoms with Crippen LogP contribution >= 0.6 is 0 Å². The molecule has 0 bridgehead atoms. The van der Waals surface area contributed by atoms with E-state index in [0.29, 0.717) is 18.3 Å². The average Bonchev–Trinajstić information content (AvgIpc) is 3.27. The minimum Gasteiger partial charge on any atom is -0.376 e. The highest BCUT2D eigenvalue weighted by atomic mass is 16.5. The van der Waals surface area contributed by atoms with Crippen molar-refractivity contribution in [3.05, 3.63) is 36.0 Å². The molecule has 1 aliphatic heterocycles. The highest BCUT2D eigenvalue weighted by Gasteiger charge is 2.41. The molecule has 0 spiro atoms. The zero-order valence-corrected chi connectivity index (χ0v) is 16.5. The van der Waals surface area contributed by atoms with Crippen molar-refractivity contribution in [3.63, 3.8) is 0 Å². The Balaban J connectivity index is 1.19. The van der Waals surface area contributed by atoms with Crippen LogP contribution < -0.4 is 10.6 Å². The van der Waals surface area contributed by atoms with Crippen LogP contribution in [0, 0.1) is 17.8 Å². The number of ether oxygens (including phenoxy) is 1. The second-order valence-corrected chi connectivity index (χ2v) is 9.00. The normalized spacial score (nSPS) is 29.7. The Morgan fingerprint density at radius 3 is 2.82 bits per heavy atom. The molecule has 28 heavy (non-hydrogen) atoms. The molecule has 5 heteroatoms. The predicted octanol–water partition coefficient (Wildman–Crippen LogP) is 3.01. The molecule has 2 aromatic rings. The van der Waals surface area contributed by atoms with Crippen molar-refractivity contribution < 1.29 is 9.53 Å². The number of rotatable bonds is 7. The number of fused-ring (bicyclic) bond motifs is 2. The van der Waals surface area contributed by atoms with E-state index in [9.17, 15) is 4.79 Å². The number of carbonyl (C=O) groups is 1. The van der Waals surface area contributed by atoms with Crippen LogP contribution in [0.2, 0.25) is 0 Å². The maximum absolute atomic E-state index is 12.7. The smallest absolute Gasteiger partial charge is 0.220 e. The second-order valence-electron chi connectivity index (χ2n) is 9.00. The lowest BCUT2D eigenvalue weighted by atomic mass is 9.77. The van der Waals surface area contributed by atoms with Crippen LogP contribution in [-0.4, -0.2) is 42.7 Å². The number of para-hydroxylation sites is 1. The van der Waals surface area contributed by atoms with Gasteiger partial charge in [-0.05, 0) is 74.6 Å². The molecular weight excluding hydrogens is 350 g/mol. The Morgan fingerprint density at radius 2 is 1.96 bits per heavy atom. The van der Waals surface area contributed by atoms with Crippen molar-refractivity contribution in [2.24, 2.45) is 17.8 Å². The van der Waals surface area contributed by atoms with Gasteiger partial charge in [-0.25, -0.2) is 0 Å². The molecule has 3 fully saturated rings. The van der Waals surface area contributed by atoms with Gasteiger partial charge in [0.1, 0.15) is 0 Å². The van der Waals surface area contributed by atoms with Crippen LogP contribution in [0.25, 0.3) is 10.9 Å². The highest BCUT2D eigenvalue weighted by Crippen LogP contribution is 2.36. The van der Waals surface area contributed by atoms with Crippen LogP contribution in [0.1, 0.15) is 37.7 Å². The standard InChI is InChI=1S/C23H31N3O2/c27-23(8-7-16-13-25-20-4-2-1-3-19(16)20)26-21-9-17-11-24-12-18(17)10-22(21)28-14-15-5-6-15/h1-4,13,15,17-18,21-22,24-25H,5-12,14H2,(H,26,27)/t17-,18+,21-,22-/m0/s1. The Hall–Kier alpha value is -1.85. The maximum Gasteiger partial charge on any atom is 0.220 e. The summed E-state index contributed by atoms with van der Waals surface area (Å²) in [7, 11) is 0. The molecule has 0 unspecified atom stereocenters. The van der Waals surface area contributed by atoms with Crippen molar-refractivity contribution in [1.29, 1.82) is 0 Å². The molecule has 3 aliphatic rings. The first-order chi connectivity index (χ1) is 13.8. The van der Waals surface area contributed by atoms with Gasteiger partial charge in [0, 0.05) is 30.1 Å². The van der Waals surface area contributed by atoms with Gasteiger partial charge in [0.15, 0.2) is 0 Å². The summed E-state index contributed by atoms with van der Waals surface area (Å²) < 4.78 is 6.29. The van der Waals surface area contributed by atoms with Crippen LogP contribution in [-0.2, 0) is 16.0 Å². The topological polar surface area (TPSA) is 66.2 Å². The summed E-state index contributed by atoms with van der Waals surface area (Å²) in [4.78, 5) is 16.0. The monoisotopic (exact) mass is 381 g/mol. The molecule has 1 aromatic carbocycles. The van der Waals surface area contributed by atoms with Crippen molar-refractivity contribution in [2.75, 3.05) is 19.7 Å². The van der Waals surface area contributed by atoms with Crippen LogP contribution in [0.5, 0.6) is 0 Å². The summed E-state index contributed by atoms with van der Waals surface area (Å²) in [6.45, 7) is 3.06. The molecule has 5 nitrogen and oxygen atoms in total. The van der Waals surface area contributed by atoms with Crippen molar-refractivity contribution in [3.8, 4) is 0 Å². The summed E-state index contributed by atoms with van der Waals surface area (Å²) >= 11 is 0. The molecule has 4 atom stereocenters. The Bertz CT molecular complexity index is 828. The molecule has 3 N–H and O–H groups in total. The minimum atomic E-state index is 0.153. The minimum absolute atomic E-state index is 0.153. The quantitative estimate of drug-likeness (QED) is 0.691. The van der Waals surface area contributed by atoms with E-state index >= 15 is 0 Å². The number of aryl methyl sites for hydroxylation is 1. The van der Waals surface area contributed by atoms with Crippen LogP contribution in [0.15, 0.2) is 30.5 Å². The van der Waals surface area contributed by atoms with Gasteiger partial charge in [-0.15, -0.1) is 0 Å². The molecular formula is C23H31N3O2. The largest absolute Gasteiger partial charge is 0.376 e. The van der Waals surface area contributed by atoms with Crippen molar-refractivity contribution >= 4 is 16.8 Å². The van der Waals surface area contributed by atoms with E-state index < -0.39 is 0 Å². The fraction of sp³-hybridized carbons (Fsp3) is 0.609. The van der Waals surface area contributed by atoms with E-state index in [1.165, 1.54) is 23.8 Å². The Kier molecular flexibility index (Phi) is 5.12. The predicted molar refractivity (Wildman–Crippen MR) is 110 cm³/mol. The van der Waals surface area contributed by atoms with Gasteiger partial charge in [-0.1, -0.05) is 18.2 Å². The number of carbonyl (C=O) groups excluding carboxylic acids is 1. The molecule has 150 valence electrons. The summed E-state index contributed by atoms with van der Waals surface area (Å²) in [5.74, 6) is 2.31. The molecule has 1 saturated heterocycles. The number of amides is 1. The lowest BCUT2D eigenvalue weighted by molar-refractivity contribution is -0.124. The van der Waals surface area contributed by atoms with E-state index in [1.54, 1.807) is 0 Å². The molecule has 5 rings (SSSR count). The van der Waals surface area contributed by atoms with Gasteiger partial charge in [-0.3, -0.25) is 4.79 Å². The number of hydrogen-bond donors (Lipinski definition) is 3. The van der Waals surface area contributed by atoms with E-state index in [-0.39, 0.29) is 18.1 Å². The number of H-pyrrole nitrogens is 1. The number of hydrogen-bond acceptors (Lipinski definition) is 3. The van der Waals surface area contributed by atoms with Gasteiger partial charge in [0.05, 0.1) is 12.1 Å². The molecule has 1 aromatic heterocycles. The lowest BCUT2D eigenvalue weighted by Crippen LogP contribution is -2.50. The molecule has 1 amide bonds. The first kappa shape index (κ1) is 18.2. The van der Waals surface area contributed by atoms with Crippen LogP contribution in [0.3, 0.4) is 0 Å². The summed E-state index contributed by atoms with van der Waals surface area (Å²) in [6.07, 6.45) is 8.26. The average molecular weight is 382 g/mol. The Labute approximate surface area is 166 Å². The third-order valence-electron chi connectivity index (χ3n) is 6.91. The second kappa shape index (κ2) is 7.88. The zero-order chi connectivity index (χ0) is 18.9. The fourth-order valence-electron chi connectivity index (χ4n) is 5.03. The molecule has 2 aliphatic carbocycles. The number of aromatic amines is 1. The third-order valence-corrected chi connectivity index (χ3v) is 6.91. The van der Waals surface area contributed by atoms with E-state index in [2.05, 4.69) is 33.8 Å². The van der Waals surface area contributed by atoms with Gasteiger partial charge < -0.3 is 20.4 Å². The lowest BCUT2D eigenvalue weighted by Gasteiger charge is -2.38. The van der Waals surface area contributed by atoms with E-state index in [1.807, 2.05) is 12.3 Å². The van der Waals surface area contributed by atoms with Gasteiger partial charge in [0.2, 0.25) is 5.91 Å². The Morgan fingerprint density at radius 1 is 1.14 bits per heavy atom. The SMILES string of the molecule is O=C(CCc1c[nH]c2ccccc12)N[C@H]1C[C@H]2CNC[C@H]2C[C@@H]1OCC1CC1. The molecule has 2 heterocycles. The van der Waals surface area contributed by atoms with E-state index in [0.717, 1.165) is 50.4 Å². The van der Waals surface area contributed by atoms with Gasteiger partial charge in [0.25, 0.3) is 0 Å². The van der Waals surface area contributed by atoms with Gasteiger partial charge >= 0.3 is 0 Å². The zero-order valence-electron chi connectivity index (χ0n) is 16.5. The maximum atomic E-state index is 12.7. The number of aromatic nitrogens is 1. The van der Waals surface area contributed by atoms with Crippen LogP contribution in [0.4, 0.5) is 0 Å². The third kappa shape index (κ3) is 3.96. The summed E-state index contributed by atoms with van der Waals surface area (Å²) in [5, 5.41) is 8.08. The number of nitrogens with one attached hydrogen (secondary N) is 3. The summed E-state index contributed by atoms with van der Waals surface area (Å²) in [5.41, 5.74) is 2.36. The molecule has 2 saturated carbocycles. The van der Waals surface area contributed by atoms with E-state index in [4.69, 9.17) is 4.74 Å². The first-order valence-electron chi connectivity index (χ1n) is 10.9. The van der Waals surface area contributed by atoms with Crippen molar-refractivity contribution in [1.82, 2.24) is 15.6 Å². The van der Waals surface area contributed by atoms with Gasteiger partial charge in [-0.2, -0.15) is 0 Å². The van der Waals surface area contributed by atoms with Crippen molar-refractivity contribution in [2.45, 2.75) is 50.7 Å². The fourth-order valence-corrected chi connectivity index (χ4v) is 5.03. The summed E-state index contributed by atoms with van der Waals surface area (Å²) in [6, 6.07) is 8.45. The first-order valence-corrected chi connectivity index (χ1v) is 10.9. The number of benzene rings is 1. The highest BCUT2D eigenvalue weighted by molar-refractivity contribution is 5.84. The molecule has 0 radical (unpaired) electrons.